The quantitative estimate of drug-likeness (QED) is 0.508. The van der Waals surface area contributed by atoms with Crippen molar-refractivity contribution in [1.82, 2.24) is 15.6 Å². The van der Waals surface area contributed by atoms with E-state index in [-0.39, 0.29) is 30.0 Å². The molecular formula is C23H26FN3O2. The number of amides is 2. The Morgan fingerprint density at radius 3 is 2.48 bits per heavy atom. The lowest BCUT2D eigenvalue weighted by Gasteiger charge is -2.09. The van der Waals surface area contributed by atoms with Crippen LogP contribution in [0.15, 0.2) is 48.5 Å². The normalized spacial score (nSPS) is 11.0. The number of hydrogen-bond acceptors (Lipinski definition) is 2. The highest BCUT2D eigenvalue weighted by Crippen LogP contribution is 2.31. The number of aromatic nitrogens is 1. The van der Waals surface area contributed by atoms with E-state index in [9.17, 15) is 14.0 Å². The largest absolute Gasteiger partial charge is 0.354 e. The van der Waals surface area contributed by atoms with E-state index < -0.39 is 0 Å². The summed E-state index contributed by atoms with van der Waals surface area (Å²) in [6.07, 6.45) is 0.763. The second-order valence-corrected chi connectivity index (χ2v) is 7.33. The fourth-order valence-electron chi connectivity index (χ4n) is 3.25. The van der Waals surface area contributed by atoms with Gasteiger partial charge >= 0.3 is 0 Å². The second-order valence-electron chi connectivity index (χ2n) is 7.33. The number of rotatable bonds is 8. The maximum atomic E-state index is 13.8. The molecule has 5 nitrogen and oxygen atoms in total. The zero-order valence-corrected chi connectivity index (χ0v) is 16.7. The summed E-state index contributed by atoms with van der Waals surface area (Å²) in [7, 11) is 0. The molecule has 2 aromatic carbocycles. The second kappa shape index (κ2) is 9.37. The molecule has 0 bridgehead atoms. The summed E-state index contributed by atoms with van der Waals surface area (Å²) in [4.78, 5) is 27.2. The average molecular weight is 395 g/mol. The summed E-state index contributed by atoms with van der Waals surface area (Å²) in [5.41, 5.74) is 3.67. The molecule has 0 fully saturated rings. The number of aryl methyl sites for hydroxylation is 1. The Morgan fingerprint density at radius 1 is 1.03 bits per heavy atom. The minimum absolute atomic E-state index is 0.0347. The van der Waals surface area contributed by atoms with Gasteiger partial charge < -0.3 is 15.6 Å². The molecule has 0 saturated carbocycles. The van der Waals surface area contributed by atoms with Gasteiger partial charge in [0, 0.05) is 42.0 Å². The van der Waals surface area contributed by atoms with E-state index in [4.69, 9.17) is 0 Å². The first kappa shape index (κ1) is 20.6. The minimum Gasteiger partial charge on any atom is -0.354 e. The standard InChI is InChI=1S/C23H26FN3O2/c1-15(2)23(29)26-13-12-25-21(28)11-9-18-19-14-17(24)8-10-20(19)27-22(18)16-6-4-3-5-7-16/h3-8,10,14-15,27H,9,11-13H2,1-2H3,(H,25,28)(H,26,29). The highest BCUT2D eigenvalue weighted by molar-refractivity contribution is 5.91. The number of benzene rings is 2. The van der Waals surface area contributed by atoms with Crippen LogP contribution in [0.5, 0.6) is 0 Å². The van der Waals surface area contributed by atoms with Crippen LogP contribution in [-0.2, 0) is 16.0 Å². The van der Waals surface area contributed by atoms with Crippen LogP contribution in [0.4, 0.5) is 4.39 Å². The van der Waals surface area contributed by atoms with Crippen LogP contribution in [0.2, 0.25) is 0 Å². The Labute approximate surface area is 169 Å². The molecule has 0 aliphatic heterocycles. The van der Waals surface area contributed by atoms with Gasteiger partial charge in [0.15, 0.2) is 0 Å². The molecule has 2 amide bonds. The van der Waals surface area contributed by atoms with E-state index >= 15 is 0 Å². The van der Waals surface area contributed by atoms with Crippen LogP contribution in [0.25, 0.3) is 22.2 Å². The van der Waals surface area contributed by atoms with Gasteiger partial charge in [-0.1, -0.05) is 44.2 Å². The van der Waals surface area contributed by atoms with Crippen LogP contribution >= 0.6 is 0 Å². The van der Waals surface area contributed by atoms with Gasteiger partial charge in [-0.25, -0.2) is 4.39 Å². The van der Waals surface area contributed by atoms with Crippen molar-refractivity contribution in [3.8, 4) is 11.3 Å². The molecule has 3 rings (SSSR count). The molecule has 3 aromatic rings. The first-order valence-electron chi connectivity index (χ1n) is 9.85. The smallest absolute Gasteiger partial charge is 0.222 e. The van der Waals surface area contributed by atoms with E-state index in [1.165, 1.54) is 12.1 Å². The Kier molecular flexibility index (Phi) is 6.65. The zero-order valence-electron chi connectivity index (χ0n) is 16.7. The third kappa shape index (κ3) is 5.22. The van der Waals surface area contributed by atoms with Gasteiger partial charge in [-0.15, -0.1) is 0 Å². The highest BCUT2D eigenvalue weighted by Gasteiger charge is 2.15. The van der Waals surface area contributed by atoms with Crippen molar-refractivity contribution in [2.75, 3.05) is 13.1 Å². The van der Waals surface area contributed by atoms with E-state index in [0.29, 0.717) is 19.5 Å². The number of nitrogens with one attached hydrogen (secondary N) is 3. The fraction of sp³-hybridized carbons (Fsp3) is 0.304. The van der Waals surface area contributed by atoms with Crippen LogP contribution < -0.4 is 10.6 Å². The predicted molar refractivity (Wildman–Crippen MR) is 113 cm³/mol. The van der Waals surface area contributed by atoms with Gasteiger partial charge in [0.2, 0.25) is 11.8 Å². The summed E-state index contributed by atoms with van der Waals surface area (Å²) in [6, 6.07) is 14.5. The molecular weight excluding hydrogens is 369 g/mol. The van der Waals surface area contributed by atoms with Crippen molar-refractivity contribution >= 4 is 22.7 Å². The third-order valence-corrected chi connectivity index (χ3v) is 4.80. The van der Waals surface area contributed by atoms with Crippen LogP contribution in [0.3, 0.4) is 0 Å². The molecule has 0 radical (unpaired) electrons. The molecule has 0 aliphatic rings. The van der Waals surface area contributed by atoms with E-state index in [1.807, 2.05) is 44.2 Å². The van der Waals surface area contributed by atoms with Crippen molar-refractivity contribution in [3.05, 3.63) is 59.9 Å². The predicted octanol–water partition coefficient (Wildman–Crippen LogP) is 3.80. The minimum atomic E-state index is -0.303. The molecule has 6 heteroatoms. The Hall–Kier alpha value is -3.15. The van der Waals surface area contributed by atoms with Crippen LogP contribution in [-0.4, -0.2) is 29.9 Å². The molecule has 0 spiro atoms. The number of aromatic amines is 1. The first-order chi connectivity index (χ1) is 14.0. The maximum Gasteiger partial charge on any atom is 0.222 e. The number of halogens is 1. The van der Waals surface area contributed by atoms with Gasteiger partial charge in [-0.2, -0.15) is 0 Å². The monoisotopic (exact) mass is 395 g/mol. The molecule has 0 unspecified atom stereocenters. The third-order valence-electron chi connectivity index (χ3n) is 4.80. The van der Waals surface area contributed by atoms with Gasteiger partial charge in [-0.05, 0) is 35.7 Å². The SMILES string of the molecule is CC(C)C(=O)NCCNC(=O)CCc1c(-c2ccccc2)[nH]c2ccc(F)cc12. The summed E-state index contributed by atoms with van der Waals surface area (Å²) in [5, 5.41) is 6.38. The van der Waals surface area contributed by atoms with Crippen molar-refractivity contribution in [2.45, 2.75) is 26.7 Å². The first-order valence-corrected chi connectivity index (χ1v) is 9.85. The van der Waals surface area contributed by atoms with Gasteiger partial charge in [0.25, 0.3) is 0 Å². The van der Waals surface area contributed by atoms with Gasteiger partial charge in [-0.3, -0.25) is 9.59 Å². The van der Waals surface area contributed by atoms with Crippen molar-refractivity contribution in [2.24, 2.45) is 5.92 Å². The lowest BCUT2D eigenvalue weighted by molar-refractivity contribution is -0.124. The molecule has 0 atom stereocenters. The van der Waals surface area contributed by atoms with E-state index in [0.717, 1.165) is 27.7 Å². The number of carbonyl (C=O) groups excluding carboxylic acids is 2. The van der Waals surface area contributed by atoms with E-state index in [1.54, 1.807) is 6.07 Å². The Balaban J connectivity index is 1.68. The number of hydrogen-bond donors (Lipinski definition) is 3. The lowest BCUT2D eigenvalue weighted by atomic mass is 10.0. The van der Waals surface area contributed by atoms with Crippen LogP contribution in [0.1, 0.15) is 25.8 Å². The molecule has 1 heterocycles. The Bertz CT molecular complexity index is 996. The maximum absolute atomic E-state index is 13.8. The number of carbonyl (C=O) groups is 2. The molecule has 152 valence electrons. The van der Waals surface area contributed by atoms with Crippen molar-refractivity contribution in [3.63, 3.8) is 0 Å². The molecule has 29 heavy (non-hydrogen) atoms. The van der Waals surface area contributed by atoms with Crippen molar-refractivity contribution < 1.29 is 14.0 Å². The topological polar surface area (TPSA) is 74.0 Å². The summed E-state index contributed by atoms with van der Waals surface area (Å²) in [5.74, 6) is -0.520. The summed E-state index contributed by atoms with van der Waals surface area (Å²) in [6.45, 7) is 4.42. The summed E-state index contributed by atoms with van der Waals surface area (Å²) < 4.78 is 13.8. The lowest BCUT2D eigenvalue weighted by Crippen LogP contribution is -2.36. The van der Waals surface area contributed by atoms with Gasteiger partial charge in [0.1, 0.15) is 5.82 Å². The molecule has 0 aliphatic carbocycles. The zero-order chi connectivity index (χ0) is 20.8. The van der Waals surface area contributed by atoms with Gasteiger partial charge in [0.05, 0.1) is 0 Å². The Morgan fingerprint density at radius 2 is 1.76 bits per heavy atom. The van der Waals surface area contributed by atoms with Crippen LogP contribution in [0, 0.1) is 11.7 Å². The average Bonchev–Trinajstić information content (AvgIpc) is 3.07. The number of fused-ring (bicyclic) bond motifs is 1. The molecule has 1 aromatic heterocycles. The molecule has 3 N–H and O–H groups in total. The number of H-pyrrole nitrogens is 1. The fourth-order valence-corrected chi connectivity index (χ4v) is 3.25. The van der Waals surface area contributed by atoms with E-state index in [2.05, 4.69) is 15.6 Å². The van der Waals surface area contributed by atoms with Crippen molar-refractivity contribution in [1.29, 1.82) is 0 Å². The highest BCUT2D eigenvalue weighted by atomic mass is 19.1. The molecule has 0 saturated heterocycles. The summed E-state index contributed by atoms with van der Waals surface area (Å²) >= 11 is 0.